The van der Waals surface area contributed by atoms with E-state index in [2.05, 4.69) is 26.1 Å². The van der Waals surface area contributed by atoms with Gasteiger partial charge in [0, 0.05) is 24.1 Å². The molecule has 1 aliphatic heterocycles. The Bertz CT molecular complexity index is 380. The summed E-state index contributed by atoms with van der Waals surface area (Å²) in [6.07, 6.45) is 2.17. The maximum Gasteiger partial charge on any atom is 0.119 e. The van der Waals surface area contributed by atoms with Crippen LogP contribution in [0.2, 0.25) is 0 Å². The quantitative estimate of drug-likeness (QED) is 0.708. The summed E-state index contributed by atoms with van der Waals surface area (Å²) >= 11 is 3.38. The first-order chi connectivity index (χ1) is 9.74. The van der Waals surface area contributed by atoms with Gasteiger partial charge in [-0.05, 0) is 50.2 Å². The predicted octanol–water partition coefficient (Wildman–Crippen LogP) is 1.87. The zero-order chi connectivity index (χ0) is 14.2. The Labute approximate surface area is 129 Å². The molecule has 112 valence electrons. The normalized spacial score (nSPS) is 17.3. The average Bonchev–Trinajstić information content (AvgIpc) is 2.96. The maximum atomic E-state index is 9.85. The van der Waals surface area contributed by atoms with Crippen molar-refractivity contribution in [1.29, 1.82) is 0 Å². The van der Waals surface area contributed by atoms with Gasteiger partial charge in [0.25, 0.3) is 0 Å². The Morgan fingerprint density at radius 1 is 1.25 bits per heavy atom. The van der Waals surface area contributed by atoms with Gasteiger partial charge in [0.2, 0.25) is 0 Å². The number of nitrogens with zero attached hydrogens (tertiary/aromatic N) is 1. The molecule has 0 radical (unpaired) electrons. The van der Waals surface area contributed by atoms with Gasteiger partial charge >= 0.3 is 0 Å². The van der Waals surface area contributed by atoms with Crippen LogP contribution in [-0.4, -0.2) is 55.4 Å². The first-order valence-electron chi connectivity index (χ1n) is 7.23. The van der Waals surface area contributed by atoms with E-state index < -0.39 is 6.10 Å². The third-order valence-corrected chi connectivity index (χ3v) is 3.97. The van der Waals surface area contributed by atoms with E-state index in [0.717, 1.165) is 23.3 Å². The SMILES string of the molecule is OC(CNCCN1CCCC1)COc1ccc(Br)cc1. The van der Waals surface area contributed by atoms with Crippen LogP contribution in [0.1, 0.15) is 12.8 Å². The summed E-state index contributed by atoms with van der Waals surface area (Å²) in [6, 6.07) is 7.63. The molecule has 20 heavy (non-hydrogen) atoms. The lowest BCUT2D eigenvalue weighted by atomic mass is 10.3. The van der Waals surface area contributed by atoms with Crippen molar-refractivity contribution >= 4 is 15.9 Å². The van der Waals surface area contributed by atoms with Gasteiger partial charge < -0.3 is 20.1 Å². The number of aliphatic hydroxyl groups excluding tert-OH is 1. The van der Waals surface area contributed by atoms with E-state index in [-0.39, 0.29) is 0 Å². The van der Waals surface area contributed by atoms with E-state index in [0.29, 0.717) is 13.2 Å². The molecule has 5 heteroatoms. The molecule has 2 N–H and O–H groups in total. The minimum atomic E-state index is -0.475. The standard InChI is InChI=1S/C15H23BrN2O2/c16-13-3-5-15(6-4-13)20-12-14(19)11-17-7-10-18-8-1-2-9-18/h3-6,14,17,19H,1-2,7-12H2. The number of ether oxygens (including phenoxy) is 1. The zero-order valence-electron chi connectivity index (χ0n) is 11.7. The lowest BCUT2D eigenvalue weighted by Gasteiger charge is -2.16. The van der Waals surface area contributed by atoms with Crippen LogP contribution >= 0.6 is 15.9 Å². The molecule has 0 aliphatic carbocycles. The molecule has 1 unspecified atom stereocenters. The van der Waals surface area contributed by atoms with E-state index in [1.807, 2.05) is 24.3 Å². The topological polar surface area (TPSA) is 44.7 Å². The molecule has 1 aliphatic rings. The van der Waals surface area contributed by atoms with Gasteiger partial charge in [0.1, 0.15) is 18.5 Å². The number of nitrogens with one attached hydrogen (secondary N) is 1. The van der Waals surface area contributed by atoms with E-state index >= 15 is 0 Å². The van der Waals surface area contributed by atoms with Crippen LogP contribution in [0.15, 0.2) is 28.7 Å². The fourth-order valence-electron chi connectivity index (χ4n) is 2.29. The fourth-order valence-corrected chi connectivity index (χ4v) is 2.56. The lowest BCUT2D eigenvalue weighted by Crippen LogP contribution is -2.36. The average molecular weight is 343 g/mol. The molecule has 1 fully saturated rings. The summed E-state index contributed by atoms with van der Waals surface area (Å²) < 4.78 is 6.55. The summed E-state index contributed by atoms with van der Waals surface area (Å²) in [5.41, 5.74) is 0. The lowest BCUT2D eigenvalue weighted by molar-refractivity contribution is 0.106. The molecular weight excluding hydrogens is 320 g/mol. The van der Waals surface area contributed by atoms with Gasteiger partial charge in [-0.1, -0.05) is 15.9 Å². The Hall–Kier alpha value is -0.620. The van der Waals surface area contributed by atoms with E-state index in [1.165, 1.54) is 25.9 Å². The highest BCUT2D eigenvalue weighted by molar-refractivity contribution is 9.10. The monoisotopic (exact) mass is 342 g/mol. The molecule has 1 aromatic carbocycles. The third kappa shape index (κ3) is 5.79. The fraction of sp³-hybridized carbons (Fsp3) is 0.600. The number of rotatable bonds is 8. The van der Waals surface area contributed by atoms with E-state index in [1.54, 1.807) is 0 Å². The van der Waals surface area contributed by atoms with Gasteiger partial charge in [-0.15, -0.1) is 0 Å². The second-order valence-corrected chi connectivity index (χ2v) is 6.09. The maximum absolute atomic E-state index is 9.85. The molecule has 2 rings (SSSR count). The number of aliphatic hydroxyl groups is 1. The van der Waals surface area contributed by atoms with Crippen LogP contribution in [0.25, 0.3) is 0 Å². The molecule has 1 atom stereocenters. The molecular formula is C15H23BrN2O2. The summed E-state index contributed by atoms with van der Waals surface area (Å²) in [6.45, 7) is 5.33. The minimum absolute atomic E-state index is 0.318. The van der Waals surface area contributed by atoms with Crippen LogP contribution in [0.3, 0.4) is 0 Å². The van der Waals surface area contributed by atoms with Crippen LogP contribution in [0.5, 0.6) is 5.75 Å². The van der Waals surface area contributed by atoms with Crippen molar-refractivity contribution in [3.63, 3.8) is 0 Å². The molecule has 1 saturated heterocycles. The molecule has 0 saturated carbocycles. The van der Waals surface area contributed by atoms with Crippen molar-refractivity contribution in [3.8, 4) is 5.75 Å². The molecule has 0 bridgehead atoms. The number of halogens is 1. The van der Waals surface area contributed by atoms with Crippen molar-refractivity contribution < 1.29 is 9.84 Å². The second-order valence-electron chi connectivity index (χ2n) is 5.17. The number of likely N-dealkylation sites (tertiary alicyclic amines) is 1. The smallest absolute Gasteiger partial charge is 0.119 e. The summed E-state index contributed by atoms with van der Waals surface area (Å²) in [7, 11) is 0. The van der Waals surface area contributed by atoms with Gasteiger partial charge in [0.15, 0.2) is 0 Å². The molecule has 1 aromatic rings. The second kappa shape index (κ2) is 8.62. The number of hydrogen-bond donors (Lipinski definition) is 2. The largest absolute Gasteiger partial charge is 0.491 e. The Morgan fingerprint density at radius 2 is 1.95 bits per heavy atom. The van der Waals surface area contributed by atoms with Crippen molar-refractivity contribution in [2.45, 2.75) is 18.9 Å². The summed E-state index contributed by atoms with van der Waals surface area (Å²) in [4.78, 5) is 2.46. The highest BCUT2D eigenvalue weighted by atomic mass is 79.9. The highest BCUT2D eigenvalue weighted by Crippen LogP contribution is 2.16. The minimum Gasteiger partial charge on any atom is -0.491 e. The van der Waals surface area contributed by atoms with Crippen molar-refractivity contribution in [1.82, 2.24) is 10.2 Å². The van der Waals surface area contributed by atoms with Crippen LogP contribution in [-0.2, 0) is 0 Å². The predicted molar refractivity (Wildman–Crippen MR) is 84.2 cm³/mol. The molecule has 4 nitrogen and oxygen atoms in total. The van der Waals surface area contributed by atoms with Gasteiger partial charge in [0.05, 0.1) is 0 Å². The summed E-state index contributed by atoms with van der Waals surface area (Å²) in [5.74, 6) is 0.782. The first kappa shape index (κ1) is 15.8. The molecule has 0 amide bonds. The summed E-state index contributed by atoms with van der Waals surface area (Å²) in [5, 5.41) is 13.1. The van der Waals surface area contributed by atoms with Crippen molar-refractivity contribution in [2.24, 2.45) is 0 Å². The Kier molecular flexibility index (Phi) is 6.79. The highest BCUT2D eigenvalue weighted by Gasteiger charge is 2.10. The van der Waals surface area contributed by atoms with Crippen LogP contribution in [0.4, 0.5) is 0 Å². The van der Waals surface area contributed by atoms with E-state index in [9.17, 15) is 5.11 Å². The first-order valence-corrected chi connectivity index (χ1v) is 8.03. The zero-order valence-corrected chi connectivity index (χ0v) is 13.3. The Morgan fingerprint density at radius 3 is 2.65 bits per heavy atom. The number of hydrogen-bond acceptors (Lipinski definition) is 4. The Balaban J connectivity index is 1.53. The molecule has 0 spiro atoms. The van der Waals surface area contributed by atoms with Gasteiger partial charge in [-0.25, -0.2) is 0 Å². The van der Waals surface area contributed by atoms with Gasteiger partial charge in [-0.3, -0.25) is 0 Å². The molecule has 1 heterocycles. The van der Waals surface area contributed by atoms with E-state index in [4.69, 9.17) is 4.74 Å². The third-order valence-electron chi connectivity index (χ3n) is 3.44. The van der Waals surface area contributed by atoms with Crippen LogP contribution < -0.4 is 10.1 Å². The molecule has 0 aromatic heterocycles. The van der Waals surface area contributed by atoms with Gasteiger partial charge in [-0.2, -0.15) is 0 Å². The number of benzene rings is 1. The van der Waals surface area contributed by atoms with Crippen LogP contribution in [0, 0.1) is 0 Å². The van der Waals surface area contributed by atoms with Crippen molar-refractivity contribution in [2.75, 3.05) is 39.3 Å². The van der Waals surface area contributed by atoms with Crippen molar-refractivity contribution in [3.05, 3.63) is 28.7 Å².